The molecule has 6 N–H and O–H groups in total. The second-order valence-electron chi connectivity index (χ2n) is 14.2. The number of fused-ring (bicyclic) bond motifs is 5. The molecule has 0 unspecified atom stereocenters. The average Bonchev–Trinajstić information content (AvgIpc) is 3.26. The molecule has 224 valence electrons. The van der Waals surface area contributed by atoms with Crippen molar-refractivity contribution in [1.82, 2.24) is 0 Å². The van der Waals surface area contributed by atoms with Gasteiger partial charge in [0.05, 0.1) is 18.8 Å². The van der Waals surface area contributed by atoms with Crippen LogP contribution in [0.3, 0.4) is 0 Å². The van der Waals surface area contributed by atoms with Crippen LogP contribution in [0.5, 0.6) is 0 Å². The molecule has 0 aromatic rings. The highest BCUT2D eigenvalue weighted by Gasteiger charge is 2.62. The smallest absolute Gasteiger partial charge is 0.308 e. The average molecular weight is 555 g/mol. The summed E-state index contributed by atoms with van der Waals surface area (Å²) in [5.74, 6) is 2.08. The molecule has 0 bridgehead atoms. The lowest BCUT2D eigenvalue weighted by atomic mass is 9.44. The molecule has 15 atom stereocenters. The van der Waals surface area contributed by atoms with Crippen LogP contribution in [0.15, 0.2) is 0 Å². The van der Waals surface area contributed by atoms with E-state index < -0.39 is 43.3 Å². The predicted octanol–water partition coefficient (Wildman–Crippen LogP) is 1.74. The van der Waals surface area contributed by atoms with Crippen LogP contribution in [0, 0.1) is 46.3 Å². The fourth-order valence-corrected chi connectivity index (χ4v) is 10.2. The first-order chi connectivity index (χ1) is 18.4. The van der Waals surface area contributed by atoms with Gasteiger partial charge >= 0.3 is 5.97 Å². The summed E-state index contributed by atoms with van der Waals surface area (Å²) in [6, 6.07) is 0. The van der Waals surface area contributed by atoms with E-state index in [1.54, 1.807) is 0 Å². The Morgan fingerprint density at radius 2 is 1.59 bits per heavy atom. The van der Waals surface area contributed by atoms with Gasteiger partial charge in [0.2, 0.25) is 6.29 Å². The Labute approximate surface area is 231 Å². The lowest BCUT2D eigenvalue weighted by molar-refractivity contribution is -0.292. The molecule has 1 saturated heterocycles. The number of ether oxygens (including phenoxy) is 2. The van der Waals surface area contributed by atoms with Crippen molar-refractivity contribution < 1.29 is 44.9 Å². The molecule has 1 heterocycles. The Balaban J connectivity index is 1.19. The van der Waals surface area contributed by atoms with Gasteiger partial charge in [-0.2, -0.15) is 0 Å². The van der Waals surface area contributed by atoms with Crippen LogP contribution >= 0.6 is 0 Å². The maximum absolute atomic E-state index is 12.7. The minimum atomic E-state index is -1.59. The molecule has 9 nitrogen and oxygen atoms in total. The topological polar surface area (TPSA) is 157 Å². The largest absolute Gasteiger partial charge is 0.433 e. The third-order valence-corrected chi connectivity index (χ3v) is 12.3. The van der Waals surface area contributed by atoms with E-state index in [4.69, 9.17) is 9.47 Å². The summed E-state index contributed by atoms with van der Waals surface area (Å²) in [7, 11) is 0. The number of hydrogen-bond donors (Lipinski definition) is 6. The molecular weight excluding hydrogens is 504 g/mol. The van der Waals surface area contributed by atoms with Gasteiger partial charge in [0, 0.05) is 6.42 Å². The van der Waals surface area contributed by atoms with Crippen LogP contribution in [-0.2, 0) is 14.3 Å². The van der Waals surface area contributed by atoms with Gasteiger partial charge in [-0.05, 0) is 104 Å². The maximum Gasteiger partial charge on any atom is 0.308 e. The third-order valence-electron chi connectivity index (χ3n) is 12.3. The highest BCUT2D eigenvalue weighted by Crippen LogP contribution is 2.68. The molecule has 1 aliphatic heterocycles. The van der Waals surface area contributed by atoms with E-state index in [0.717, 1.165) is 51.4 Å². The number of rotatable bonds is 6. The maximum atomic E-state index is 12.7. The first-order valence-corrected chi connectivity index (χ1v) is 15.3. The van der Waals surface area contributed by atoms with Gasteiger partial charge in [0.25, 0.3) is 0 Å². The normalized spacial score (nSPS) is 52.3. The fourth-order valence-electron chi connectivity index (χ4n) is 10.2. The van der Waals surface area contributed by atoms with Crippen molar-refractivity contribution in [2.45, 2.75) is 128 Å². The molecule has 0 spiro atoms. The van der Waals surface area contributed by atoms with Gasteiger partial charge in [-0.1, -0.05) is 20.8 Å². The van der Waals surface area contributed by atoms with Crippen LogP contribution in [0.25, 0.3) is 0 Å². The second-order valence-corrected chi connectivity index (χ2v) is 14.2. The van der Waals surface area contributed by atoms with Gasteiger partial charge in [0.1, 0.15) is 24.4 Å². The molecule has 5 rings (SSSR count). The van der Waals surface area contributed by atoms with Crippen molar-refractivity contribution in [3.63, 3.8) is 0 Å². The Morgan fingerprint density at radius 3 is 2.31 bits per heavy atom. The van der Waals surface area contributed by atoms with Gasteiger partial charge in [-0.3, -0.25) is 4.79 Å². The number of aliphatic hydroxyl groups excluding tert-OH is 6. The summed E-state index contributed by atoms with van der Waals surface area (Å²) >= 11 is 0. The van der Waals surface area contributed by atoms with Crippen LogP contribution in [0.2, 0.25) is 0 Å². The van der Waals surface area contributed by atoms with Gasteiger partial charge in [-0.15, -0.1) is 0 Å². The molecule has 4 aliphatic carbocycles. The van der Waals surface area contributed by atoms with Crippen molar-refractivity contribution in [3.05, 3.63) is 0 Å². The van der Waals surface area contributed by atoms with E-state index in [1.165, 1.54) is 0 Å². The molecule has 0 aromatic heterocycles. The Bertz CT molecular complexity index is 882. The molecule has 5 fully saturated rings. The number of esters is 1. The summed E-state index contributed by atoms with van der Waals surface area (Å²) in [4.78, 5) is 12.7. The zero-order chi connectivity index (χ0) is 28.3. The monoisotopic (exact) mass is 554 g/mol. The summed E-state index contributed by atoms with van der Waals surface area (Å²) in [5.41, 5.74) is 0.264. The summed E-state index contributed by atoms with van der Waals surface area (Å²) in [5, 5.41) is 61.0. The lowest BCUT2D eigenvalue weighted by Crippen LogP contribution is -2.59. The summed E-state index contributed by atoms with van der Waals surface area (Å²) in [6.45, 7) is 6.45. The van der Waals surface area contributed by atoms with E-state index in [-0.39, 0.29) is 35.4 Å². The highest BCUT2D eigenvalue weighted by molar-refractivity contribution is 5.69. The minimum absolute atomic E-state index is 0.0980. The van der Waals surface area contributed by atoms with Gasteiger partial charge in [-0.25, -0.2) is 0 Å². The van der Waals surface area contributed by atoms with E-state index >= 15 is 0 Å². The Kier molecular flexibility index (Phi) is 8.46. The van der Waals surface area contributed by atoms with Crippen LogP contribution in [0.4, 0.5) is 0 Å². The zero-order valence-electron chi connectivity index (χ0n) is 23.7. The van der Waals surface area contributed by atoms with E-state index in [1.807, 2.05) is 0 Å². The van der Waals surface area contributed by atoms with Crippen molar-refractivity contribution in [1.29, 1.82) is 0 Å². The van der Waals surface area contributed by atoms with Crippen LogP contribution < -0.4 is 0 Å². The lowest BCUT2D eigenvalue weighted by Gasteiger charge is -2.62. The van der Waals surface area contributed by atoms with Crippen LogP contribution in [-0.4, -0.2) is 86.1 Å². The van der Waals surface area contributed by atoms with E-state index in [2.05, 4.69) is 20.8 Å². The Morgan fingerprint density at radius 1 is 0.897 bits per heavy atom. The first kappa shape index (κ1) is 29.7. The molecule has 9 heteroatoms. The molecule has 4 saturated carbocycles. The van der Waals surface area contributed by atoms with Gasteiger partial charge < -0.3 is 40.1 Å². The quantitative estimate of drug-likeness (QED) is 0.269. The van der Waals surface area contributed by atoms with E-state index in [0.29, 0.717) is 36.0 Å². The van der Waals surface area contributed by atoms with Crippen molar-refractivity contribution in [3.8, 4) is 0 Å². The van der Waals surface area contributed by atoms with Gasteiger partial charge in [0.15, 0.2) is 0 Å². The molecule has 0 aromatic carbocycles. The molecule has 39 heavy (non-hydrogen) atoms. The number of carbonyl (C=O) groups excluding carboxylic acids is 1. The standard InChI is InChI=1S/C30H50O9/c1-15(4-7-24(34)39-28-27(37)26(36)25(35)23(14-31)38-28)18-5-6-19-17-13-22(33)21-12-16(32)8-10-30(21,3)20(17)9-11-29(18,19)2/h15-23,25-28,31-33,35-37H,4-14H2,1-3H3/t15-,16-,17+,18-,19+,20+,21+,22-,23-,25-,26+,27-,28+,29-,30-/m1/s1. The number of carbonyl (C=O) groups is 1. The molecular formula is C30H50O9. The Hall–Kier alpha value is -0.810. The van der Waals surface area contributed by atoms with Crippen molar-refractivity contribution >= 4 is 5.97 Å². The number of hydrogen-bond acceptors (Lipinski definition) is 9. The molecule has 0 amide bonds. The minimum Gasteiger partial charge on any atom is -0.433 e. The first-order valence-electron chi connectivity index (χ1n) is 15.3. The third kappa shape index (κ3) is 5.08. The molecule has 0 radical (unpaired) electrons. The second kappa shape index (κ2) is 11.1. The van der Waals surface area contributed by atoms with Crippen LogP contribution in [0.1, 0.15) is 85.0 Å². The number of aliphatic hydroxyl groups is 6. The van der Waals surface area contributed by atoms with Crippen molar-refractivity contribution in [2.75, 3.05) is 6.61 Å². The van der Waals surface area contributed by atoms with E-state index in [9.17, 15) is 35.4 Å². The zero-order valence-corrected chi connectivity index (χ0v) is 23.7. The van der Waals surface area contributed by atoms with Crippen molar-refractivity contribution in [2.24, 2.45) is 46.3 Å². The fraction of sp³-hybridized carbons (Fsp3) is 0.967. The predicted molar refractivity (Wildman–Crippen MR) is 141 cm³/mol. The summed E-state index contributed by atoms with van der Waals surface area (Å²) in [6.07, 6.45) is 0.937. The highest BCUT2D eigenvalue weighted by atomic mass is 16.7. The SMILES string of the molecule is C[C@H](CCC(=O)O[C@@H]1O[C@H](CO)[C@@H](O)[C@H](O)[C@H]1O)[C@H]1CC[C@H]2[C@@H]3C[C@@H](O)[C@@H]4C[C@H](O)CC[C@]4(C)[C@H]3CC[C@]12C. The summed E-state index contributed by atoms with van der Waals surface area (Å²) < 4.78 is 10.6. The molecule has 5 aliphatic rings.